The van der Waals surface area contributed by atoms with Crippen LogP contribution in [-0.2, 0) is 13.0 Å². The van der Waals surface area contributed by atoms with Gasteiger partial charge in [-0.1, -0.05) is 11.6 Å². The molecule has 0 radical (unpaired) electrons. The number of alkyl halides is 2. The van der Waals surface area contributed by atoms with E-state index in [9.17, 15) is 8.78 Å². The molecule has 0 bridgehead atoms. The number of nitrogens with zero attached hydrogens (tertiary/aromatic N) is 5. The van der Waals surface area contributed by atoms with Gasteiger partial charge in [0.25, 0.3) is 5.92 Å². The summed E-state index contributed by atoms with van der Waals surface area (Å²) in [6.45, 7) is 0.446. The molecule has 1 aromatic carbocycles. The van der Waals surface area contributed by atoms with E-state index in [-0.39, 0.29) is 18.2 Å². The van der Waals surface area contributed by atoms with Crippen LogP contribution >= 0.6 is 11.6 Å². The van der Waals surface area contributed by atoms with Crippen LogP contribution in [0.2, 0.25) is 5.15 Å². The van der Waals surface area contributed by atoms with Gasteiger partial charge in [-0.3, -0.25) is 4.90 Å². The van der Waals surface area contributed by atoms with E-state index >= 15 is 0 Å². The third-order valence-electron chi connectivity index (χ3n) is 4.83. The third-order valence-corrected chi connectivity index (χ3v) is 5.02. The molecule has 3 aromatic rings. The molecule has 2 aromatic heterocycles. The van der Waals surface area contributed by atoms with E-state index in [0.29, 0.717) is 48.4 Å². The summed E-state index contributed by atoms with van der Waals surface area (Å²) in [5.74, 6) is -0.252. The molecule has 1 saturated heterocycles. The fourth-order valence-electron chi connectivity index (χ4n) is 3.32. The summed E-state index contributed by atoms with van der Waals surface area (Å²) in [7, 11) is 3.18. The second kappa shape index (κ2) is 8.19. The molecule has 0 spiro atoms. The third kappa shape index (κ3) is 4.39. The lowest BCUT2D eigenvalue weighted by atomic mass is 10.1. The minimum absolute atomic E-state index is 0.218. The van der Waals surface area contributed by atoms with Gasteiger partial charge in [0, 0.05) is 37.2 Å². The van der Waals surface area contributed by atoms with Crippen LogP contribution in [0.4, 0.5) is 14.7 Å². The highest BCUT2D eigenvalue weighted by Gasteiger charge is 2.43. The van der Waals surface area contributed by atoms with Gasteiger partial charge >= 0.3 is 0 Å². The number of halogens is 3. The zero-order valence-corrected chi connectivity index (χ0v) is 17.3. The average molecular weight is 439 g/mol. The predicted molar refractivity (Wildman–Crippen MR) is 108 cm³/mol. The molecule has 160 valence electrons. The second-order valence-electron chi connectivity index (χ2n) is 7.05. The van der Waals surface area contributed by atoms with E-state index in [0.717, 1.165) is 5.56 Å². The van der Waals surface area contributed by atoms with Crippen LogP contribution in [0.5, 0.6) is 11.5 Å². The van der Waals surface area contributed by atoms with E-state index < -0.39 is 5.92 Å². The van der Waals surface area contributed by atoms with Crippen molar-refractivity contribution in [2.75, 3.05) is 39.2 Å². The number of rotatable bonds is 8. The van der Waals surface area contributed by atoms with E-state index in [1.165, 1.54) is 0 Å². The first kappa shape index (κ1) is 20.5. The van der Waals surface area contributed by atoms with Gasteiger partial charge in [0.05, 0.1) is 27.3 Å². The van der Waals surface area contributed by atoms with Gasteiger partial charge in [-0.15, -0.1) is 5.10 Å². The molecule has 0 aliphatic carbocycles. The lowest BCUT2D eigenvalue weighted by molar-refractivity contribution is -0.129. The lowest BCUT2D eigenvalue weighted by Gasteiger charge is -2.38. The molecule has 0 unspecified atom stereocenters. The zero-order chi connectivity index (χ0) is 21.3. The molecule has 1 fully saturated rings. The van der Waals surface area contributed by atoms with Crippen molar-refractivity contribution in [3.63, 3.8) is 0 Å². The van der Waals surface area contributed by atoms with Crippen molar-refractivity contribution < 1.29 is 18.3 Å². The van der Waals surface area contributed by atoms with Crippen molar-refractivity contribution >= 4 is 23.2 Å². The molecule has 8 nitrogen and oxygen atoms in total. The van der Waals surface area contributed by atoms with Crippen molar-refractivity contribution in [2.24, 2.45) is 0 Å². The standard InChI is InChI=1S/C19H21ClF2N6O2/c1-29-13-4-3-12(14(7-13)30-2)9-23-18-24-15(20)8-17-25-16(26-28(17)18)5-6-27-10-19(21,22)11-27/h3-4,7-8H,5-6,9-11H2,1-2H3,(H,23,24). The number of hydrogen-bond donors (Lipinski definition) is 1. The minimum atomic E-state index is -2.58. The van der Waals surface area contributed by atoms with Gasteiger partial charge < -0.3 is 14.8 Å². The summed E-state index contributed by atoms with van der Waals surface area (Å²) in [5.41, 5.74) is 1.43. The number of likely N-dealkylation sites (tertiary alicyclic amines) is 1. The Kier molecular flexibility index (Phi) is 5.61. The van der Waals surface area contributed by atoms with Crippen LogP contribution in [-0.4, -0.2) is 64.3 Å². The summed E-state index contributed by atoms with van der Waals surface area (Å²) in [6, 6.07) is 7.13. The smallest absolute Gasteiger partial charge is 0.272 e. The molecular formula is C19H21ClF2N6O2. The Bertz CT molecular complexity index is 1050. The Hall–Kier alpha value is -2.72. The minimum Gasteiger partial charge on any atom is -0.497 e. The molecule has 3 heterocycles. The van der Waals surface area contributed by atoms with Crippen molar-refractivity contribution in [1.29, 1.82) is 0 Å². The Morgan fingerprint density at radius 1 is 1.17 bits per heavy atom. The summed E-state index contributed by atoms with van der Waals surface area (Å²) in [5, 5.41) is 7.93. The van der Waals surface area contributed by atoms with E-state index in [1.807, 2.05) is 12.1 Å². The molecular weight excluding hydrogens is 418 g/mol. The molecule has 1 aliphatic heterocycles. The highest BCUT2D eigenvalue weighted by atomic mass is 35.5. The molecule has 1 N–H and O–H groups in total. The normalized spacial score (nSPS) is 15.8. The molecule has 11 heteroatoms. The summed E-state index contributed by atoms with van der Waals surface area (Å²) in [6.07, 6.45) is 0.459. The summed E-state index contributed by atoms with van der Waals surface area (Å²) in [4.78, 5) is 10.4. The van der Waals surface area contributed by atoms with Crippen molar-refractivity contribution in [1.82, 2.24) is 24.5 Å². The fraction of sp³-hybridized carbons (Fsp3) is 0.421. The van der Waals surface area contributed by atoms with Gasteiger partial charge in [-0.25, -0.2) is 18.7 Å². The van der Waals surface area contributed by atoms with Gasteiger partial charge in [0.15, 0.2) is 11.5 Å². The number of anilines is 1. The lowest BCUT2D eigenvalue weighted by Crippen LogP contribution is -2.56. The molecule has 0 saturated carbocycles. The highest BCUT2D eigenvalue weighted by molar-refractivity contribution is 6.29. The van der Waals surface area contributed by atoms with Crippen LogP contribution in [0.25, 0.3) is 5.65 Å². The number of ether oxygens (including phenoxy) is 2. The summed E-state index contributed by atoms with van der Waals surface area (Å²) >= 11 is 6.14. The van der Waals surface area contributed by atoms with Crippen LogP contribution in [0.1, 0.15) is 11.4 Å². The Morgan fingerprint density at radius 3 is 2.67 bits per heavy atom. The van der Waals surface area contributed by atoms with Crippen molar-refractivity contribution in [2.45, 2.75) is 18.9 Å². The van der Waals surface area contributed by atoms with Crippen LogP contribution in [0.3, 0.4) is 0 Å². The molecule has 0 atom stereocenters. The van der Waals surface area contributed by atoms with Gasteiger partial charge in [-0.05, 0) is 12.1 Å². The topological polar surface area (TPSA) is 76.8 Å². The van der Waals surface area contributed by atoms with Crippen LogP contribution in [0.15, 0.2) is 24.3 Å². The van der Waals surface area contributed by atoms with E-state index in [1.54, 1.807) is 35.8 Å². The molecule has 0 amide bonds. The largest absolute Gasteiger partial charge is 0.497 e. The Morgan fingerprint density at radius 2 is 1.97 bits per heavy atom. The first-order valence-electron chi connectivity index (χ1n) is 9.34. The van der Waals surface area contributed by atoms with Crippen LogP contribution < -0.4 is 14.8 Å². The second-order valence-corrected chi connectivity index (χ2v) is 7.44. The van der Waals surface area contributed by atoms with Crippen molar-refractivity contribution in [3.05, 3.63) is 40.8 Å². The maximum Gasteiger partial charge on any atom is 0.272 e. The molecule has 30 heavy (non-hydrogen) atoms. The first-order valence-corrected chi connectivity index (χ1v) is 9.72. The quantitative estimate of drug-likeness (QED) is 0.542. The highest BCUT2D eigenvalue weighted by Crippen LogP contribution is 2.27. The Balaban J connectivity index is 1.49. The molecule has 1 aliphatic rings. The predicted octanol–water partition coefficient (Wildman–Crippen LogP) is 2.90. The number of hydrogen-bond acceptors (Lipinski definition) is 7. The monoisotopic (exact) mass is 438 g/mol. The maximum atomic E-state index is 13.0. The number of fused-ring (bicyclic) bond motifs is 1. The SMILES string of the molecule is COc1ccc(CNc2nc(Cl)cc3nc(CCN4CC(F)(F)C4)nn23)c(OC)c1. The van der Waals surface area contributed by atoms with Crippen LogP contribution in [0, 0.1) is 0 Å². The fourth-order valence-corrected chi connectivity index (χ4v) is 3.50. The van der Waals surface area contributed by atoms with E-state index in [4.69, 9.17) is 21.1 Å². The summed E-state index contributed by atoms with van der Waals surface area (Å²) < 4.78 is 38.1. The van der Waals surface area contributed by atoms with Gasteiger partial charge in [0.1, 0.15) is 16.7 Å². The first-order chi connectivity index (χ1) is 14.4. The number of nitrogens with one attached hydrogen (secondary N) is 1. The number of benzene rings is 1. The van der Waals surface area contributed by atoms with Gasteiger partial charge in [0.2, 0.25) is 5.95 Å². The van der Waals surface area contributed by atoms with Crippen molar-refractivity contribution in [3.8, 4) is 11.5 Å². The number of methoxy groups -OCH3 is 2. The Labute approximate surface area is 176 Å². The van der Waals surface area contributed by atoms with E-state index in [2.05, 4.69) is 20.4 Å². The number of aromatic nitrogens is 4. The van der Waals surface area contributed by atoms with Gasteiger partial charge in [-0.2, -0.15) is 4.52 Å². The zero-order valence-electron chi connectivity index (χ0n) is 16.5. The average Bonchev–Trinajstić information content (AvgIpc) is 3.11. The maximum absolute atomic E-state index is 13.0. The molecule has 4 rings (SSSR count).